The highest BCUT2D eigenvalue weighted by Gasteiger charge is 2.06. The van der Waals surface area contributed by atoms with Gasteiger partial charge in [0, 0.05) is 32.1 Å². The average Bonchev–Trinajstić information content (AvgIpc) is 2.42. The van der Waals surface area contributed by atoms with Crippen molar-refractivity contribution in [3.8, 4) is 0 Å². The third kappa shape index (κ3) is 5.83. The maximum Gasteiger partial charge on any atom is 0.191 e. The fraction of sp³-hybridized carbons (Fsp3) is 0.462. The zero-order valence-corrected chi connectivity index (χ0v) is 13.6. The van der Waals surface area contributed by atoms with Crippen LogP contribution >= 0.6 is 11.8 Å². The Labute approximate surface area is 125 Å². The molecule has 0 aliphatic rings. The first-order chi connectivity index (χ1) is 9.47. The zero-order chi connectivity index (χ0) is 15.0. The smallest absolute Gasteiger partial charge is 0.191 e. The van der Waals surface area contributed by atoms with Gasteiger partial charge in [-0.25, -0.2) is 8.42 Å². The first-order valence-electron chi connectivity index (χ1n) is 6.20. The normalized spacial score (nSPS) is 12.2. The van der Waals surface area contributed by atoms with Crippen LogP contribution in [-0.2, 0) is 16.4 Å². The van der Waals surface area contributed by atoms with Crippen LogP contribution in [0.3, 0.4) is 0 Å². The van der Waals surface area contributed by atoms with Gasteiger partial charge in [-0.2, -0.15) is 11.8 Å². The molecular formula is C13H21N3O2S2. The lowest BCUT2D eigenvalue weighted by atomic mass is 10.2. The molecule has 5 nitrogen and oxygen atoms in total. The molecule has 0 atom stereocenters. The van der Waals surface area contributed by atoms with Crippen LogP contribution in [0.1, 0.15) is 5.56 Å². The minimum absolute atomic E-state index is 0.337. The van der Waals surface area contributed by atoms with Crippen molar-refractivity contribution >= 4 is 27.6 Å². The molecule has 0 saturated heterocycles. The van der Waals surface area contributed by atoms with E-state index in [0.29, 0.717) is 11.4 Å². The third-order valence-electron chi connectivity index (χ3n) is 2.63. The number of nitrogens with zero attached hydrogens (tertiary/aromatic N) is 1. The van der Waals surface area contributed by atoms with E-state index in [4.69, 9.17) is 0 Å². The van der Waals surface area contributed by atoms with Crippen molar-refractivity contribution in [2.24, 2.45) is 4.99 Å². The van der Waals surface area contributed by atoms with Crippen molar-refractivity contribution < 1.29 is 8.42 Å². The summed E-state index contributed by atoms with van der Waals surface area (Å²) in [5.41, 5.74) is 1.00. The standard InChI is InChI=1S/C13H21N3O2S2/c1-14-13(15-8-9-19-2)16-10-11-4-6-12(7-5-11)20(3,17)18/h4-7H,8-10H2,1-3H3,(H2,14,15,16). The second kappa shape index (κ2) is 8.16. The Kier molecular flexibility index (Phi) is 6.87. The van der Waals surface area contributed by atoms with E-state index < -0.39 is 9.84 Å². The van der Waals surface area contributed by atoms with Crippen LogP contribution in [0.25, 0.3) is 0 Å². The number of benzene rings is 1. The Bertz CT molecular complexity index is 539. The second-order valence-corrected chi connectivity index (χ2v) is 7.26. The van der Waals surface area contributed by atoms with Gasteiger partial charge in [0.25, 0.3) is 0 Å². The van der Waals surface area contributed by atoms with Crippen molar-refractivity contribution in [2.45, 2.75) is 11.4 Å². The molecule has 0 spiro atoms. The van der Waals surface area contributed by atoms with Crippen molar-refractivity contribution in [2.75, 3.05) is 31.9 Å². The van der Waals surface area contributed by atoms with Gasteiger partial charge in [-0.1, -0.05) is 12.1 Å². The van der Waals surface area contributed by atoms with Crippen LogP contribution in [0.4, 0.5) is 0 Å². The Morgan fingerprint density at radius 1 is 1.25 bits per heavy atom. The monoisotopic (exact) mass is 315 g/mol. The number of hydrogen-bond acceptors (Lipinski definition) is 4. The highest BCUT2D eigenvalue weighted by Crippen LogP contribution is 2.09. The summed E-state index contributed by atoms with van der Waals surface area (Å²) in [4.78, 5) is 4.46. The summed E-state index contributed by atoms with van der Waals surface area (Å²) in [7, 11) is -1.41. The van der Waals surface area contributed by atoms with Gasteiger partial charge in [0.05, 0.1) is 4.90 Å². The van der Waals surface area contributed by atoms with Gasteiger partial charge < -0.3 is 10.6 Å². The van der Waals surface area contributed by atoms with Crippen LogP contribution in [0.5, 0.6) is 0 Å². The maximum absolute atomic E-state index is 11.4. The molecule has 7 heteroatoms. The summed E-state index contributed by atoms with van der Waals surface area (Å²) >= 11 is 1.77. The molecule has 0 aromatic heterocycles. The number of guanidine groups is 1. The highest BCUT2D eigenvalue weighted by molar-refractivity contribution is 7.98. The van der Waals surface area contributed by atoms with Gasteiger partial charge in [0.1, 0.15) is 0 Å². The minimum atomic E-state index is -3.13. The molecule has 1 aromatic carbocycles. The molecule has 0 heterocycles. The van der Waals surface area contributed by atoms with Crippen molar-refractivity contribution in [3.63, 3.8) is 0 Å². The van der Waals surface area contributed by atoms with Crippen LogP contribution in [0.2, 0.25) is 0 Å². The number of hydrogen-bond donors (Lipinski definition) is 2. The van der Waals surface area contributed by atoms with Crippen molar-refractivity contribution in [1.29, 1.82) is 0 Å². The molecule has 0 fully saturated rings. The summed E-state index contributed by atoms with van der Waals surface area (Å²) in [6.45, 7) is 1.46. The Hall–Kier alpha value is -1.21. The molecule has 0 radical (unpaired) electrons. The lowest BCUT2D eigenvalue weighted by Crippen LogP contribution is -2.37. The molecule has 1 aromatic rings. The van der Waals surface area contributed by atoms with Gasteiger partial charge in [-0.05, 0) is 24.0 Å². The third-order valence-corrected chi connectivity index (χ3v) is 4.37. The predicted molar refractivity (Wildman–Crippen MR) is 86.1 cm³/mol. The van der Waals surface area contributed by atoms with E-state index in [2.05, 4.69) is 21.9 Å². The summed E-state index contributed by atoms with van der Waals surface area (Å²) in [6.07, 6.45) is 3.26. The highest BCUT2D eigenvalue weighted by atomic mass is 32.2. The minimum Gasteiger partial charge on any atom is -0.356 e. The Balaban J connectivity index is 2.53. The Morgan fingerprint density at radius 3 is 2.40 bits per heavy atom. The van der Waals surface area contributed by atoms with Gasteiger partial charge >= 0.3 is 0 Å². The summed E-state index contributed by atoms with van der Waals surface area (Å²) in [5, 5.41) is 6.38. The first kappa shape index (κ1) is 16.8. The van der Waals surface area contributed by atoms with Gasteiger partial charge in [-0.3, -0.25) is 4.99 Å². The number of sulfone groups is 1. The molecule has 112 valence electrons. The molecule has 2 N–H and O–H groups in total. The number of thioether (sulfide) groups is 1. The fourth-order valence-electron chi connectivity index (χ4n) is 1.53. The van der Waals surface area contributed by atoms with Crippen molar-refractivity contribution in [1.82, 2.24) is 10.6 Å². The average molecular weight is 315 g/mol. The lowest BCUT2D eigenvalue weighted by molar-refractivity contribution is 0.602. The molecule has 20 heavy (non-hydrogen) atoms. The van der Waals surface area contributed by atoms with E-state index in [9.17, 15) is 8.42 Å². The topological polar surface area (TPSA) is 70.6 Å². The second-order valence-electron chi connectivity index (χ2n) is 4.26. The Morgan fingerprint density at radius 2 is 1.90 bits per heavy atom. The van der Waals surface area contributed by atoms with Crippen LogP contribution < -0.4 is 10.6 Å². The molecule has 0 saturated carbocycles. The number of nitrogens with one attached hydrogen (secondary N) is 2. The van der Waals surface area contributed by atoms with E-state index in [1.807, 2.05) is 0 Å². The summed E-state index contributed by atoms with van der Waals surface area (Å²) < 4.78 is 22.7. The first-order valence-corrected chi connectivity index (χ1v) is 9.48. The van der Waals surface area contributed by atoms with E-state index >= 15 is 0 Å². The molecule has 1 rings (SSSR count). The van der Waals surface area contributed by atoms with Crippen LogP contribution in [0.15, 0.2) is 34.2 Å². The molecule has 0 aliphatic carbocycles. The quantitative estimate of drug-likeness (QED) is 0.468. The van der Waals surface area contributed by atoms with Crippen molar-refractivity contribution in [3.05, 3.63) is 29.8 Å². The number of aliphatic imine (C=N–C) groups is 1. The van der Waals surface area contributed by atoms with Crippen LogP contribution in [0, 0.1) is 0 Å². The van der Waals surface area contributed by atoms with Gasteiger partial charge in [0.15, 0.2) is 15.8 Å². The molecule has 0 amide bonds. The van der Waals surface area contributed by atoms with E-state index in [0.717, 1.165) is 23.8 Å². The predicted octanol–water partition coefficient (Wildman–Crippen LogP) is 1.12. The van der Waals surface area contributed by atoms with E-state index in [-0.39, 0.29) is 0 Å². The largest absolute Gasteiger partial charge is 0.356 e. The van der Waals surface area contributed by atoms with Gasteiger partial charge in [0.2, 0.25) is 0 Å². The van der Waals surface area contributed by atoms with Crippen LogP contribution in [-0.4, -0.2) is 46.2 Å². The lowest BCUT2D eigenvalue weighted by Gasteiger charge is -2.11. The van der Waals surface area contributed by atoms with E-state index in [1.165, 1.54) is 6.26 Å². The molecule has 0 bridgehead atoms. The van der Waals surface area contributed by atoms with Gasteiger partial charge in [-0.15, -0.1) is 0 Å². The molecule has 0 unspecified atom stereocenters. The SMILES string of the molecule is CN=C(NCCSC)NCc1ccc(S(C)(=O)=O)cc1. The molecule has 0 aliphatic heterocycles. The maximum atomic E-state index is 11.4. The zero-order valence-electron chi connectivity index (χ0n) is 12.0. The van der Waals surface area contributed by atoms with E-state index in [1.54, 1.807) is 43.1 Å². The summed E-state index contributed by atoms with van der Waals surface area (Å²) in [6, 6.07) is 6.85. The number of rotatable bonds is 6. The molecular weight excluding hydrogens is 294 g/mol. The fourth-order valence-corrected chi connectivity index (χ4v) is 2.47. The summed E-state index contributed by atoms with van der Waals surface area (Å²) in [5.74, 6) is 1.76.